The third kappa shape index (κ3) is 7.48. The topological polar surface area (TPSA) is 84.0 Å². The van der Waals surface area contributed by atoms with Gasteiger partial charge in [0.05, 0.1) is 24.4 Å². The van der Waals surface area contributed by atoms with Gasteiger partial charge in [0.15, 0.2) is 17.5 Å². The van der Waals surface area contributed by atoms with E-state index >= 15 is 0 Å². The van der Waals surface area contributed by atoms with Crippen LogP contribution in [0.4, 0.5) is 5.69 Å². The number of nitrogens with one attached hydrogen (secondary N) is 3. The maximum Gasteiger partial charge on any atom is 0.226 e. The highest BCUT2D eigenvalue weighted by Gasteiger charge is 2.10. The summed E-state index contributed by atoms with van der Waals surface area (Å²) in [5.41, 5.74) is 1.65. The average Bonchev–Trinajstić information content (AvgIpc) is 2.73. The van der Waals surface area contributed by atoms with Crippen LogP contribution in [0.3, 0.4) is 0 Å². The van der Waals surface area contributed by atoms with Crippen LogP contribution in [0.15, 0.2) is 47.5 Å². The second-order valence-electron chi connectivity index (χ2n) is 6.74. The largest absolute Gasteiger partial charge is 0.493 e. The molecule has 7 nitrogen and oxygen atoms in total. The third-order valence-electron chi connectivity index (χ3n) is 4.22. The second-order valence-corrected chi connectivity index (χ2v) is 7.15. The summed E-state index contributed by atoms with van der Waals surface area (Å²) in [5, 5.41) is 9.64. The Morgan fingerprint density at radius 2 is 1.90 bits per heavy atom. The molecule has 2 rings (SSSR count). The number of carbonyl (C=O) groups is 1. The fraction of sp³-hybridized carbons (Fsp3) is 0.364. The Hall–Kier alpha value is -2.93. The number of aliphatic imine (C=N–C) groups is 1. The molecule has 0 bridgehead atoms. The Kier molecular flexibility index (Phi) is 9.28. The summed E-state index contributed by atoms with van der Waals surface area (Å²) >= 11 is 6.15. The Labute approximate surface area is 182 Å². The molecule has 0 heterocycles. The molecule has 0 aliphatic rings. The summed E-state index contributed by atoms with van der Waals surface area (Å²) in [6.45, 7) is 4.85. The molecule has 0 fully saturated rings. The van der Waals surface area contributed by atoms with Crippen molar-refractivity contribution >= 4 is 29.2 Å². The predicted octanol–water partition coefficient (Wildman–Crippen LogP) is 3.62. The van der Waals surface area contributed by atoms with Gasteiger partial charge in [0.2, 0.25) is 5.91 Å². The predicted molar refractivity (Wildman–Crippen MR) is 122 cm³/mol. The highest BCUT2D eigenvalue weighted by atomic mass is 35.5. The number of aryl methyl sites for hydroxylation is 1. The molecule has 0 saturated carbocycles. The molecule has 2 aromatic rings. The third-order valence-corrected chi connectivity index (χ3v) is 4.53. The van der Waals surface area contributed by atoms with Crippen molar-refractivity contribution in [3.05, 3.63) is 53.1 Å². The molecule has 162 valence electrons. The highest BCUT2D eigenvalue weighted by molar-refractivity contribution is 6.33. The lowest BCUT2D eigenvalue weighted by atomic mass is 10.2. The lowest BCUT2D eigenvalue weighted by Crippen LogP contribution is -2.42. The van der Waals surface area contributed by atoms with Crippen molar-refractivity contribution in [1.29, 1.82) is 0 Å². The van der Waals surface area contributed by atoms with Crippen LogP contribution in [0.5, 0.6) is 11.5 Å². The van der Waals surface area contributed by atoms with E-state index in [4.69, 9.17) is 21.1 Å². The van der Waals surface area contributed by atoms with Gasteiger partial charge in [-0.1, -0.05) is 29.8 Å². The zero-order valence-corrected chi connectivity index (χ0v) is 18.5. The van der Waals surface area contributed by atoms with E-state index in [1.165, 1.54) is 0 Å². The summed E-state index contributed by atoms with van der Waals surface area (Å²) < 4.78 is 11.2. The first kappa shape index (κ1) is 23.3. The van der Waals surface area contributed by atoms with Crippen LogP contribution >= 0.6 is 11.6 Å². The van der Waals surface area contributed by atoms with Crippen LogP contribution in [0.2, 0.25) is 5.02 Å². The van der Waals surface area contributed by atoms with Gasteiger partial charge < -0.3 is 25.4 Å². The van der Waals surface area contributed by atoms with Crippen molar-refractivity contribution in [2.75, 3.05) is 32.6 Å². The van der Waals surface area contributed by atoms with Crippen molar-refractivity contribution in [3.63, 3.8) is 0 Å². The lowest BCUT2D eigenvalue weighted by molar-refractivity contribution is -0.116. The smallest absolute Gasteiger partial charge is 0.226 e. The van der Waals surface area contributed by atoms with Crippen molar-refractivity contribution in [1.82, 2.24) is 10.6 Å². The van der Waals surface area contributed by atoms with Gasteiger partial charge in [-0.2, -0.15) is 0 Å². The molecule has 1 atom stereocenters. The van der Waals surface area contributed by atoms with Gasteiger partial charge in [-0.25, -0.2) is 0 Å². The number of rotatable bonds is 9. The molecule has 0 radical (unpaired) electrons. The minimum atomic E-state index is -0.128. The first-order valence-corrected chi connectivity index (χ1v) is 10.1. The Bertz CT molecular complexity index is 873. The molecule has 1 unspecified atom stereocenters. The fourth-order valence-corrected chi connectivity index (χ4v) is 2.95. The standard InChI is InChI=1S/C22H29ClN4O3/c1-15-9-10-18(17(23)13-15)27-21(28)11-12-25-22(24-3)26-14-16(2)30-20-8-6-5-7-19(20)29-4/h5-10,13,16H,11-12,14H2,1-4H3,(H,27,28)(H2,24,25,26). The van der Waals surface area contributed by atoms with Crippen LogP contribution in [0, 0.1) is 6.92 Å². The number of carbonyl (C=O) groups excluding carboxylic acids is 1. The Morgan fingerprint density at radius 3 is 2.57 bits per heavy atom. The summed E-state index contributed by atoms with van der Waals surface area (Å²) in [6, 6.07) is 13.0. The van der Waals surface area contributed by atoms with Gasteiger partial charge in [0.1, 0.15) is 6.10 Å². The van der Waals surface area contributed by atoms with E-state index in [1.54, 1.807) is 20.2 Å². The van der Waals surface area contributed by atoms with Gasteiger partial charge in [-0.15, -0.1) is 0 Å². The summed E-state index contributed by atoms with van der Waals surface area (Å²) in [6.07, 6.45) is 0.157. The number of hydrogen-bond acceptors (Lipinski definition) is 4. The van der Waals surface area contributed by atoms with Crippen LogP contribution in [0.25, 0.3) is 0 Å². The fourth-order valence-electron chi connectivity index (χ4n) is 2.66. The number of halogens is 1. The molecule has 3 N–H and O–H groups in total. The molecule has 0 spiro atoms. The van der Waals surface area contributed by atoms with E-state index < -0.39 is 0 Å². The van der Waals surface area contributed by atoms with E-state index in [9.17, 15) is 4.79 Å². The molecule has 2 aromatic carbocycles. The molecular formula is C22H29ClN4O3. The molecule has 1 amide bonds. The Balaban J connectivity index is 1.73. The maximum atomic E-state index is 12.1. The van der Waals surface area contributed by atoms with E-state index in [1.807, 2.05) is 50.2 Å². The number of benzene rings is 2. The van der Waals surface area contributed by atoms with Gasteiger partial charge in [0, 0.05) is 20.0 Å². The lowest BCUT2D eigenvalue weighted by Gasteiger charge is -2.19. The van der Waals surface area contributed by atoms with Crippen molar-refractivity contribution in [2.24, 2.45) is 4.99 Å². The molecule has 0 saturated heterocycles. The molecule has 0 aliphatic carbocycles. The number of anilines is 1. The zero-order chi connectivity index (χ0) is 21.9. The van der Waals surface area contributed by atoms with Crippen LogP contribution in [-0.2, 0) is 4.79 Å². The summed E-state index contributed by atoms with van der Waals surface area (Å²) in [5.74, 6) is 1.83. The first-order valence-electron chi connectivity index (χ1n) is 9.73. The number of ether oxygens (including phenoxy) is 2. The first-order chi connectivity index (χ1) is 14.4. The van der Waals surface area contributed by atoms with Crippen molar-refractivity contribution < 1.29 is 14.3 Å². The molecule has 0 aliphatic heterocycles. The van der Waals surface area contributed by atoms with Gasteiger partial charge in [-0.05, 0) is 43.7 Å². The SMILES string of the molecule is CN=C(NCCC(=O)Nc1ccc(C)cc1Cl)NCC(C)Oc1ccccc1OC. The zero-order valence-electron chi connectivity index (χ0n) is 17.8. The second kappa shape index (κ2) is 11.9. The Morgan fingerprint density at radius 1 is 1.17 bits per heavy atom. The van der Waals surface area contributed by atoms with E-state index in [2.05, 4.69) is 20.9 Å². The molecule has 30 heavy (non-hydrogen) atoms. The summed E-state index contributed by atoms with van der Waals surface area (Å²) in [7, 11) is 3.28. The van der Waals surface area contributed by atoms with E-state index in [0.29, 0.717) is 41.3 Å². The number of guanidine groups is 1. The number of nitrogens with zero attached hydrogens (tertiary/aromatic N) is 1. The van der Waals surface area contributed by atoms with Crippen molar-refractivity contribution in [2.45, 2.75) is 26.4 Å². The molecular weight excluding hydrogens is 404 g/mol. The number of hydrogen-bond donors (Lipinski definition) is 3. The number of methoxy groups -OCH3 is 1. The number of para-hydroxylation sites is 2. The molecule has 8 heteroatoms. The normalized spacial score (nSPS) is 12.1. The summed E-state index contributed by atoms with van der Waals surface area (Å²) in [4.78, 5) is 16.3. The van der Waals surface area contributed by atoms with Gasteiger partial charge in [0.25, 0.3) is 0 Å². The molecule has 0 aromatic heterocycles. The maximum absolute atomic E-state index is 12.1. The van der Waals surface area contributed by atoms with Gasteiger partial charge in [-0.3, -0.25) is 9.79 Å². The minimum Gasteiger partial charge on any atom is -0.493 e. The highest BCUT2D eigenvalue weighted by Crippen LogP contribution is 2.26. The number of amides is 1. The van der Waals surface area contributed by atoms with Gasteiger partial charge >= 0.3 is 0 Å². The van der Waals surface area contributed by atoms with E-state index in [-0.39, 0.29) is 18.4 Å². The quantitative estimate of drug-likeness (QED) is 0.416. The van der Waals surface area contributed by atoms with E-state index in [0.717, 1.165) is 5.56 Å². The average molecular weight is 433 g/mol. The monoisotopic (exact) mass is 432 g/mol. The van der Waals surface area contributed by atoms with Crippen LogP contribution in [-0.4, -0.2) is 45.2 Å². The minimum absolute atomic E-state index is 0.119. The van der Waals surface area contributed by atoms with Crippen LogP contribution < -0.4 is 25.4 Å². The van der Waals surface area contributed by atoms with Crippen molar-refractivity contribution in [3.8, 4) is 11.5 Å². The van der Waals surface area contributed by atoms with Crippen LogP contribution in [0.1, 0.15) is 18.9 Å².